The number of benzene rings is 4. The molecule has 8 rings (SSSR count). The molecule has 1 amide bonds. The summed E-state index contributed by atoms with van der Waals surface area (Å²) in [7, 11) is 0. The first-order chi connectivity index (χ1) is 20.5. The fourth-order valence-electron chi connectivity index (χ4n) is 7.18. The van der Waals surface area contributed by atoms with Gasteiger partial charge in [0.1, 0.15) is 17.3 Å². The van der Waals surface area contributed by atoms with E-state index in [0.717, 1.165) is 11.1 Å². The lowest BCUT2D eigenvalue weighted by Crippen LogP contribution is -2.49. The molecule has 4 aromatic carbocycles. The van der Waals surface area contributed by atoms with Crippen LogP contribution in [0.15, 0.2) is 97.2 Å². The van der Waals surface area contributed by atoms with E-state index in [1.54, 1.807) is 18.2 Å². The van der Waals surface area contributed by atoms with Crippen molar-refractivity contribution in [2.75, 3.05) is 12.1 Å². The van der Waals surface area contributed by atoms with Gasteiger partial charge < -0.3 is 19.7 Å². The zero-order chi connectivity index (χ0) is 28.6. The van der Waals surface area contributed by atoms with E-state index in [-0.39, 0.29) is 29.8 Å². The van der Waals surface area contributed by atoms with Crippen LogP contribution in [0.1, 0.15) is 43.4 Å². The van der Waals surface area contributed by atoms with Crippen LogP contribution in [0.5, 0.6) is 11.5 Å². The summed E-state index contributed by atoms with van der Waals surface area (Å²) in [5, 5.41) is 3.03. The van der Waals surface area contributed by atoms with E-state index in [1.807, 2.05) is 65.7 Å². The molecule has 1 saturated heterocycles. The molecule has 4 aliphatic heterocycles. The number of halogens is 1. The number of Topliss-reactive ketones (excluding diaryl/α,β-unsaturated/α-hetero) is 2. The average Bonchev–Trinajstić information content (AvgIpc) is 3.70. The van der Waals surface area contributed by atoms with Gasteiger partial charge in [0.05, 0.1) is 12.0 Å². The zero-order valence-corrected chi connectivity index (χ0v) is 22.1. The maximum absolute atomic E-state index is 14.9. The number of nitrogens with zero attached hydrogens (tertiary/aromatic N) is 1. The molecule has 7 nitrogen and oxygen atoms in total. The highest BCUT2D eigenvalue weighted by molar-refractivity contribution is 6.16. The van der Waals surface area contributed by atoms with Gasteiger partial charge in [0, 0.05) is 23.0 Å². The molecule has 4 aromatic rings. The molecule has 0 radical (unpaired) electrons. The van der Waals surface area contributed by atoms with Crippen molar-refractivity contribution in [3.63, 3.8) is 0 Å². The third-order valence-corrected chi connectivity index (χ3v) is 8.91. The maximum atomic E-state index is 14.9. The number of anilines is 1. The topological polar surface area (TPSA) is 84.9 Å². The van der Waals surface area contributed by atoms with Crippen molar-refractivity contribution in [3.8, 4) is 11.5 Å². The number of nitrogens with one attached hydrogen (secondary N) is 1. The van der Waals surface area contributed by atoms with Gasteiger partial charge in [0.2, 0.25) is 12.7 Å². The fourth-order valence-corrected chi connectivity index (χ4v) is 7.18. The highest BCUT2D eigenvalue weighted by atomic mass is 19.1. The summed E-state index contributed by atoms with van der Waals surface area (Å²) in [5.41, 5.74) is 2.10. The summed E-state index contributed by atoms with van der Waals surface area (Å²) in [6, 6.07) is 23.5. The van der Waals surface area contributed by atoms with Gasteiger partial charge in [0.15, 0.2) is 23.1 Å². The van der Waals surface area contributed by atoms with Crippen LogP contribution in [0.2, 0.25) is 0 Å². The van der Waals surface area contributed by atoms with Crippen LogP contribution in [0.3, 0.4) is 0 Å². The van der Waals surface area contributed by atoms with Gasteiger partial charge in [-0.2, -0.15) is 0 Å². The summed E-state index contributed by atoms with van der Waals surface area (Å²) < 4.78 is 24.9. The normalized spacial score (nSPS) is 24.3. The Hall–Kier alpha value is -5.24. The summed E-state index contributed by atoms with van der Waals surface area (Å²) in [4.78, 5) is 45.7. The molecule has 4 atom stereocenters. The Morgan fingerprint density at radius 2 is 1.60 bits per heavy atom. The van der Waals surface area contributed by atoms with Crippen molar-refractivity contribution in [1.29, 1.82) is 0 Å². The lowest BCUT2D eigenvalue weighted by Gasteiger charge is -2.38. The molecule has 0 bridgehead atoms. The Morgan fingerprint density at radius 3 is 2.45 bits per heavy atom. The third kappa shape index (κ3) is 3.23. The van der Waals surface area contributed by atoms with E-state index < -0.39 is 29.2 Å². The number of hydrogen-bond acceptors (Lipinski definition) is 6. The minimum absolute atomic E-state index is 0.0409. The number of amides is 1. The van der Waals surface area contributed by atoms with Crippen LogP contribution < -0.4 is 14.8 Å². The molecule has 4 heterocycles. The Bertz CT molecular complexity index is 1850. The van der Waals surface area contributed by atoms with E-state index in [1.165, 1.54) is 24.3 Å². The number of ether oxygens (including phenoxy) is 2. The SMILES string of the molecule is O=C(c1ccc2c(c1)OCO2)[C@@H]1[C@H](C(=O)c2ccc(F)cc2)N2C=Cc3ccccc3[C@@H]2[C@]12C(=O)Nc1ccccc12. The standard InChI is InChI=1S/C34H23FN2O5/c35-22-12-9-20(10-13-22)31(39)29-28(30(38)21-11-14-26-27(17-21)42-18-41-26)34(24-7-3-4-8-25(24)36-33(34)40)32-23-6-2-1-5-19(23)15-16-37(29)32/h1-17,28-29,32H,18H2,(H,36,40)/t28-,29+,32+,34+/m0/s1. The quantitative estimate of drug-likeness (QED) is 0.332. The van der Waals surface area contributed by atoms with Crippen LogP contribution in [-0.2, 0) is 10.2 Å². The smallest absolute Gasteiger partial charge is 0.238 e. The van der Waals surface area contributed by atoms with Gasteiger partial charge in [-0.25, -0.2) is 4.39 Å². The molecule has 1 fully saturated rings. The molecule has 8 heteroatoms. The molecule has 0 unspecified atom stereocenters. The molecule has 42 heavy (non-hydrogen) atoms. The molecule has 0 aromatic heterocycles. The zero-order valence-electron chi connectivity index (χ0n) is 22.1. The fraction of sp³-hybridized carbons (Fsp3) is 0.147. The van der Waals surface area contributed by atoms with Crippen molar-refractivity contribution < 1.29 is 28.2 Å². The van der Waals surface area contributed by atoms with Gasteiger partial charge >= 0.3 is 0 Å². The second-order valence-electron chi connectivity index (χ2n) is 10.9. The molecule has 206 valence electrons. The number of carbonyl (C=O) groups excluding carboxylic acids is 3. The lowest BCUT2D eigenvalue weighted by molar-refractivity contribution is -0.122. The number of fused-ring (bicyclic) bond motifs is 7. The lowest BCUT2D eigenvalue weighted by atomic mass is 9.62. The second kappa shape index (κ2) is 8.88. The van der Waals surface area contributed by atoms with Crippen molar-refractivity contribution in [2.45, 2.75) is 17.5 Å². The largest absolute Gasteiger partial charge is 0.454 e. The first-order valence-electron chi connectivity index (χ1n) is 13.7. The van der Waals surface area contributed by atoms with E-state index in [4.69, 9.17) is 9.47 Å². The molecule has 0 aliphatic carbocycles. The Labute approximate surface area is 240 Å². The van der Waals surface area contributed by atoms with Crippen molar-refractivity contribution in [2.24, 2.45) is 5.92 Å². The van der Waals surface area contributed by atoms with Crippen LogP contribution in [0.25, 0.3) is 6.08 Å². The van der Waals surface area contributed by atoms with Gasteiger partial charge in [-0.15, -0.1) is 0 Å². The monoisotopic (exact) mass is 558 g/mol. The number of rotatable bonds is 4. The van der Waals surface area contributed by atoms with Gasteiger partial charge in [0.25, 0.3) is 0 Å². The van der Waals surface area contributed by atoms with Gasteiger partial charge in [-0.3, -0.25) is 14.4 Å². The molecule has 4 aliphatic rings. The predicted octanol–water partition coefficient (Wildman–Crippen LogP) is 5.54. The Kier molecular flexibility index (Phi) is 5.19. The van der Waals surface area contributed by atoms with E-state index in [9.17, 15) is 18.8 Å². The van der Waals surface area contributed by atoms with Crippen molar-refractivity contribution in [3.05, 3.63) is 131 Å². The van der Waals surface area contributed by atoms with Gasteiger partial charge in [-0.05, 0) is 71.3 Å². The second-order valence-corrected chi connectivity index (χ2v) is 10.9. The van der Waals surface area contributed by atoms with E-state index in [0.29, 0.717) is 28.3 Å². The van der Waals surface area contributed by atoms with Crippen LogP contribution in [-0.4, -0.2) is 35.2 Å². The Balaban J connectivity index is 1.41. The Morgan fingerprint density at radius 1 is 0.857 bits per heavy atom. The van der Waals surface area contributed by atoms with Gasteiger partial charge in [-0.1, -0.05) is 42.5 Å². The summed E-state index contributed by atoms with van der Waals surface area (Å²) in [6.07, 6.45) is 3.71. The number of hydrogen-bond donors (Lipinski definition) is 1. The van der Waals surface area contributed by atoms with Crippen LogP contribution >= 0.6 is 0 Å². The maximum Gasteiger partial charge on any atom is 0.238 e. The molecule has 1 spiro atoms. The molecule has 0 saturated carbocycles. The average molecular weight is 559 g/mol. The number of ketones is 2. The van der Waals surface area contributed by atoms with Crippen LogP contribution in [0, 0.1) is 11.7 Å². The molecule has 1 N–H and O–H groups in total. The minimum Gasteiger partial charge on any atom is -0.454 e. The van der Waals surface area contributed by atoms with E-state index in [2.05, 4.69) is 5.32 Å². The predicted molar refractivity (Wildman–Crippen MR) is 152 cm³/mol. The summed E-state index contributed by atoms with van der Waals surface area (Å²) in [5.74, 6) is -1.77. The van der Waals surface area contributed by atoms with Crippen LogP contribution in [0.4, 0.5) is 10.1 Å². The highest BCUT2D eigenvalue weighted by Crippen LogP contribution is 2.62. The van der Waals surface area contributed by atoms with Crippen molar-refractivity contribution >= 4 is 29.2 Å². The minimum atomic E-state index is -1.45. The molecular formula is C34H23FN2O5. The summed E-state index contributed by atoms with van der Waals surface area (Å²) >= 11 is 0. The first-order valence-corrected chi connectivity index (χ1v) is 13.7. The number of carbonyl (C=O) groups is 3. The summed E-state index contributed by atoms with van der Waals surface area (Å²) in [6.45, 7) is 0.0409. The third-order valence-electron chi connectivity index (χ3n) is 8.91. The number of para-hydroxylation sites is 1. The van der Waals surface area contributed by atoms with Crippen molar-refractivity contribution in [1.82, 2.24) is 4.90 Å². The first kappa shape index (κ1) is 24.5. The van der Waals surface area contributed by atoms with E-state index >= 15 is 0 Å². The highest BCUT2D eigenvalue weighted by Gasteiger charge is 2.70. The molecular weight excluding hydrogens is 535 g/mol.